The summed E-state index contributed by atoms with van der Waals surface area (Å²) in [5, 5.41) is 0. The molecular formula is C18H16N2O2. The van der Waals surface area contributed by atoms with Crippen LogP contribution in [0.4, 0.5) is 0 Å². The van der Waals surface area contributed by atoms with E-state index in [4.69, 9.17) is 4.42 Å². The van der Waals surface area contributed by atoms with Crippen LogP contribution < -0.4 is 5.63 Å². The molecule has 0 aromatic carbocycles. The number of hydrogen-bond acceptors (Lipinski definition) is 4. The van der Waals surface area contributed by atoms with Gasteiger partial charge in [0.1, 0.15) is 5.52 Å². The summed E-state index contributed by atoms with van der Waals surface area (Å²) in [6, 6.07) is 3.48. The lowest BCUT2D eigenvalue weighted by Gasteiger charge is -2.20. The van der Waals surface area contributed by atoms with Crippen LogP contribution >= 0.6 is 0 Å². The summed E-state index contributed by atoms with van der Waals surface area (Å²) in [4.78, 5) is 20.5. The molecule has 0 saturated heterocycles. The van der Waals surface area contributed by atoms with Crippen LogP contribution in [0.25, 0.3) is 16.6 Å². The molecule has 0 N–H and O–H groups in total. The highest BCUT2D eigenvalue weighted by atomic mass is 16.4. The molecule has 0 amide bonds. The topological polar surface area (TPSA) is 56.0 Å². The quantitative estimate of drug-likeness (QED) is 0.847. The van der Waals surface area contributed by atoms with Gasteiger partial charge in [0, 0.05) is 11.8 Å². The van der Waals surface area contributed by atoms with Gasteiger partial charge in [-0.3, -0.25) is 0 Å². The number of fused-ring (bicyclic) bond motifs is 1. The predicted molar refractivity (Wildman–Crippen MR) is 87.3 cm³/mol. The first-order valence-electron chi connectivity index (χ1n) is 7.10. The molecule has 22 heavy (non-hydrogen) atoms. The zero-order valence-electron chi connectivity index (χ0n) is 12.4. The average Bonchev–Trinajstić information content (AvgIpc) is 2.52. The molecule has 1 atom stereocenters. The monoisotopic (exact) mass is 292 g/mol. The Kier molecular flexibility index (Phi) is 3.59. The molecule has 1 aliphatic rings. The molecule has 0 spiro atoms. The summed E-state index contributed by atoms with van der Waals surface area (Å²) in [6.45, 7) is 10.1. The molecular weight excluding hydrogens is 276 g/mol. The standard InChI is InChI=1S/C18H16N2O2/c1-4-13(14-8-5-7-11(2)12(14)3)17-20-15-9-6-10-19-16(15)18(21)22-17/h4-6,8-11H,1,3,7H2,2H3/b14-13+. The summed E-state index contributed by atoms with van der Waals surface area (Å²) in [6.07, 6.45) is 8.20. The van der Waals surface area contributed by atoms with Crippen molar-refractivity contribution in [2.24, 2.45) is 5.92 Å². The maximum Gasteiger partial charge on any atom is 0.365 e. The molecule has 4 nitrogen and oxygen atoms in total. The van der Waals surface area contributed by atoms with Gasteiger partial charge < -0.3 is 4.42 Å². The minimum Gasteiger partial charge on any atom is -0.402 e. The second kappa shape index (κ2) is 5.56. The summed E-state index contributed by atoms with van der Waals surface area (Å²) < 4.78 is 5.35. The molecule has 1 aliphatic carbocycles. The Morgan fingerprint density at radius 1 is 1.50 bits per heavy atom. The van der Waals surface area contributed by atoms with Crippen molar-refractivity contribution in [2.45, 2.75) is 13.3 Å². The lowest BCUT2D eigenvalue weighted by molar-refractivity contribution is 0.485. The van der Waals surface area contributed by atoms with Crippen molar-refractivity contribution in [3.05, 3.63) is 77.2 Å². The summed E-state index contributed by atoms with van der Waals surface area (Å²) >= 11 is 0. The molecule has 2 aromatic rings. The van der Waals surface area contributed by atoms with E-state index in [0.717, 1.165) is 17.6 Å². The van der Waals surface area contributed by atoms with E-state index in [1.807, 2.05) is 6.08 Å². The predicted octanol–water partition coefficient (Wildman–Crippen LogP) is 3.67. The van der Waals surface area contributed by atoms with E-state index in [-0.39, 0.29) is 11.4 Å². The maximum absolute atomic E-state index is 12.1. The summed E-state index contributed by atoms with van der Waals surface area (Å²) in [7, 11) is 0. The molecule has 2 aromatic heterocycles. The molecule has 3 rings (SSSR count). The van der Waals surface area contributed by atoms with E-state index < -0.39 is 5.63 Å². The average molecular weight is 292 g/mol. The third-order valence-electron chi connectivity index (χ3n) is 3.83. The Morgan fingerprint density at radius 2 is 2.32 bits per heavy atom. The van der Waals surface area contributed by atoms with Gasteiger partial charge in [-0.15, -0.1) is 0 Å². The van der Waals surface area contributed by atoms with Crippen molar-refractivity contribution < 1.29 is 4.42 Å². The molecule has 4 heteroatoms. The third kappa shape index (κ3) is 2.33. The van der Waals surface area contributed by atoms with Crippen LogP contribution in [0, 0.1) is 5.92 Å². The number of nitrogens with zero attached hydrogens (tertiary/aromatic N) is 2. The van der Waals surface area contributed by atoms with Gasteiger partial charge >= 0.3 is 5.63 Å². The summed E-state index contributed by atoms with van der Waals surface area (Å²) in [5.74, 6) is 0.583. The molecule has 2 heterocycles. The van der Waals surface area contributed by atoms with Gasteiger partial charge in [0.2, 0.25) is 5.89 Å². The molecule has 0 aliphatic heterocycles. The fourth-order valence-corrected chi connectivity index (χ4v) is 2.51. The Morgan fingerprint density at radius 3 is 3.09 bits per heavy atom. The zero-order chi connectivity index (χ0) is 15.7. The van der Waals surface area contributed by atoms with Crippen LogP contribution in [0.15, 0.2) is 70.1 Å². The highest BCUT2D eigenvalue weighted by molar-refractivity contribution is 5.80. The fraction of sp³-hybridized carbons (Fsp3) is 0.167. The van der Waals surface area contributed by atoms with Gasteiger partial charge in [0.15, 0.2) is 5.52 Å². The van der Waals surface area contributed by atoms with Gasteiger partial charge in [-0.2, -0.15) is 0 Å². The zero-order valence-corrected chi connectivity index (χ0v) is 12.4. The lowest BCUT2D eigenvalue weighted by Crippen LogP contribution is -2.09. The number of allylic oxidation sites excluding steroid dienone is 6. The van der Waals surface area contributed by atoms with Crippen LogP contribution in [0.2, 0.25) is 0 Å². The second-order valence-electron chi connectivity index (χ2n) is 5.27. The van der Waals surface area contributed by atoms with Crippen molar-refractivity contribution in [2.75, 3.05) is 0 Å². The lowest BCUT2D eigenvalue weighted by atomic mass is 9.85. The highest BCUT2D eigenvalue weighted by Crippen LogP contribution is 2.33. The molecule has 0 fully saturated rings. The Balaban J connectivity index is 2.26. The number of pyridine rings is 1. The van der Waals surface area contributed by atoms with E-state index in [2.05, 4.69) is 36.1 Å². The molecule has 110 valence electrons. The number of aromatic nitrogens is 2. The van der Waals surface area contributed by atoms with E-state index in [1.165, 1.54) is 0 Å². The minimum atomic E-state index is -0.501. The van der Waals surface area contributed by atoms with Gasteiger partial charge in [0.05, 0.1) is 0 Å². The first-order valence-corrected chi connectivity index (χ1v) is 7.10. The van der Waals surface area contributed by atoms with Gasteiger partial charge in [-0.25, -0.2) is 14.8 Å². The van der Waals surface area contributed by atoms with Crippen LogP contribution in [-0.2, 0) is 0 Å². The highest BCUT2D eigenvalue weighted by Gasteiger charge is 2.19. The van der Waals surface area contributed by atoms with Crippen molar-refractivity contribution >= 4 is 16.6 Å². The van der Waals surface area contributed by atoms with E-state index in [1.54, 1.807) is 24.4 Å². The van der Waals surface area contributed by atoms with Crippen LogP contribution in [0.5, 0.6) is 0 Å². The first-order chi connectivity index (χ1) is 10.6. The minimum absolute atomic E-state index is 0.228. The number of rotatable bonds is 2. The number of hydrogen-bond donors (Lipinski definition) is 0. The third-order valence-corrected chi connectivity index (χ3v) is 3.83. The van der Waals surface area contributed by atoms with E-state index in [9.17, 15) is 4.79 Å². The molecule has 1 unspecified atom stereocenters. The fourth-order valence-electron chi connectivity index (χ4n) is 2.51. The normalized spacial score (nSPS) is 20.2. The molecule has 0 saturated carbocycles. The molecule has 0 bridgehead atoms. The Labute approximate surface area is 128 Å². The van der Waals surface area contributed by atoms with Crippen LogP contribution in [0.3, 0.4) is 0 Å². The van der Waals surface area contributed by atoms with Gasteiger partial charge in [-0.1, -0.05) is 38.3 Å². The van der Waals surface area contributed by atoms with Crippen molar-refractivity contribution in [3.63, 3.8) is 0 Å². The van der Waals surface area contributed by atoms with Crippen molar-refractivity contribution in [1.82, 2.24) is 9.97 Å². The smallest absolute Gasteiger partial charge is 0.365 e. The maximum atomic E-state index is 12.1. The van der Waals surface area contributed by atoms with Crippen molar-refractivity contribution in [1.29, 1.82) is 0 Å². The second-order valence-corrected chi connectivity index (χ2v) is 5.27. The van der Waals surface area contributed by atoms with E-state index in [0.29, 0.717) is 17.0 Å². The summed E-state index contributed by atoms with van der Waals surface area (Å²) in [5.41, 5.74) is 2.81. The van der Waals surface area contributed by atoms with Gasteiger partial charge in [-0.05, 0) is 35.6 Å². The largest absolute Gasteiger partial charge is 0.402 e. The SMILES string of the molecule is C=C/C(=C1/C=CCC(C)C1=C)c1nc2cccnc2c(=O)o1. The van der Waals surface area contributed by atoms with Crippen LogP contribution in [-0.4, -0.2) is 9.97 Å². The Bertz CT molecular complexity index is 887. The van der Waals surface area contributed by atoms with Crippen molar-refractivity contribution in [3.8, 4) is 0 Å². The van der Waals surface area contributed by atoms with Gasteiger partial charge in [0.25, 0.3) is 0 Å². The molecule has 0 radical (unpaired) electrons. The van der Waals surface area contributed by atoms with E-state index >= 15 is 0 Å². The first kappa shape index (κ1) is 14.2. The van der Waals surface area contributed by atoms with Crippen LogP contribution in [0.1, 0.15) is 19.2 Å². The Hall–Kier alpha value is -2.75.